The van der Waals surface area contributed by atoms with Crippen molar-refractivity contribution >= 4 is 5.82 Å². The molecule has 2 heterocycles. The molecule has 0 saturated carbocycles. The summed E-state index contributed by atoms with van der Waals surface area (Å²) in [6.07, 6.45) is -0.562. The van der Waals surface area contributed by atoms with E-state index in [1.54, 1.807) is 12.1 Å². The minimum Gasteiger partial charge on any atom is -0.370 e. The van der Waals surface area contributed by atoms with Crippen molar-refractivity contribution in [2.24, 2.45) is 0 Å². The first kappa shape index (κ1) is 12.1. The molecule has 1 aliphatic rings. The lowest BCUT2D eigenvalue weighted by Gasteiger charge is -2.25. The molecule has 1 N–H and O–H groups in total. The largest absolute Gasteiger partial charge is 0.370 e. The summed E-state index contributed by atoms with van der Waals surface area (Å²) in [6, 6.07) is 5.01. The van der Waals surface area contributed by atoms with Gasteiger partial charge in [0.25, 0.3) is 6.43 Å². The Morgan fingerprint density at radius 1 is 1.26 bits per heavy atom. The molecule has 1 aromatic carbocycles. The number of aromatic nitrogens is 2. The fourth-order valence-corrected chi connectivity index (χ4v) is 2.32. The standard InChI is InChI=1S/C13H12F3N3/c14-9-3-1-8(2-4-9)10-7-18-19-11(12(15)16)5-6-17-13(10)19/h1-4,7,11-12,17H,5-6H2. The molecule has 0 fully saturated rings. The lowest BCUT2D eigenvalue weighted by molar-refractivity contribution is 0.0715. The summed E-state index contributed by atoms with van der Waals surface area (Å²) in [5, 5.41) is 7.12. The molecular weight excluding hydrogens is 255 g/mol. The quantitative estimate of drug-likeness (QED) is 0.904. The number of halogens is 3. The van der Waals surface area contributed by atoms with E-state index in [0.29, 0.717) is 24.3 Å². The summed E-state index contributed by atoms with van der Waals surface area (Å²) in [5.41, 5.74) is 1.47. The van der Waals surface area contributed by atoms with Crippen LogP contribution in [0.3, 0.4) is 0 Å². The molecule has 0 radical (unpaired) electrons. The Hall–Kier alpha value is -1.98. The summed E-state index contributed by atoms with van der Waals surface area (Å²) in [7, 11) is 0. The van der Waals surface area contributed by atoms with Gasteiger partial charge in [0.15, 0.2) is 0 Å². The Morgan fingerprint density at radius 3 is 2.68 bits per heavy atom. The van der Waals surface area contributed by atoms with Gasteiger partial charge in [0, 0.05) is 12.1 Å². The lowest BCUT2D eigenvalue weighted by atomic mass is 10.1. The Kier molecular flexibility index (Phi) is 2.93. The molecule has 0 aliphatic carbocycles. The fraction of sp³-hybridized carbons (Fsp3) is 0.308. The monoisotopic (exact) mass is 267 g/mol. The zero-order valence-corrected chi connectivity index (χ0v) is 9.98. The topological polar surface area (TPSA) is 29.9 Å². The van der Waals surface area contributed by atoms with Gasteiger partial charge in [-0.05, 0) is 24.1 Å². The smallest absolute Gasteiger partial charge is 0.260 e. The summed E-state index contributed by atoms with van der Waals surface area (Å²) in [5.74, 6) is 0.242. The van der Waals surface area contributed by atoms with Gasteiger partial charge in [-0.15, -0.1) is 0 Å². The molecule has 1 aromatic heterocycles. The Balaban J connectivity index is 2.03. The maximum Gasteiger partial charge on any atom is 0.260 e. The van der Waals surface area contributed by atoms with Gasteiger partial charge in [0.2, 0.25) is 0 Å². The molecule has 6 heteroatoms. The van der Waals surface area contributed by atoms with Crippen LogP contribution in [0.5, 0.6) is 0 Å². The molecule has 1 aliphatic heterocycles. The van der Waals surface area contributed by atoms with E-state index in [9.17, 15) is 13.2 Å². The molecule has 0 spiro atoms. The second-order valence-corrected chi connectivity index (χ2v) is 4.48. The summed E-state index contributed by atoms with van der Waals surface area (Å²) >= 11 is 0. The number of alkyl halides is 2. The van der Waals surface area contributed by atoms with Gasteiger partial charge < -0.3 is 5.32 Å². The van der Waals surface area contributed by atoms with E-state index in [1.165, 1.54) is 23.0 Å². The highest BCUT2D eigenvalue weighted by molar-refractivity contribution is 5.75. The minimum atomic E-state index is -2.44. The van der Waals surface area contributed by atoms with Gasteiger partial charge in [0.05, 0.1) is 6.20 Å². The summed E-state index contributed by atoms with van der Waals surface area (Å²) in [6.45, 7) is 0.481. The average Bonchev–Trinajstić information content (AvgIpc) is 2.83. The van der Waals surface area contributed by atoms with Gasteiger partial charge in [-0.3, -0.25) is 0 Å². The number of nitrogens with zero attached hydrogens (tertiary/aromatic N) is 2. The van der Waals surface area contributed by atoms with E-state index < -0.39 is 12.5 Å². The SMILES string of the molecule is Fc1ccc(-c2cnn3c2NCCC3C(F)F)cc1. The zero-order valence-electron chi connectivity index (χ0n) is 9.98. The van der Waals surface area contributed by atoms with Crippen molar-refractivity contribution in [1.29, 1.82) is 0 Å². The number of hydrogen-bond donors (Lipinski definition) is 1. The van der Waals surface area contributed by atoms with Gasteiger partial charge >= 0.3 is 0 Å². The van der Waals surface area contributed by atoms with Crippen LogP contribution >= 0.6 is 0 Å². The van der Waals surface area contributed by atoms with Crippen molar-refractivity contribution in [3.8, 4) is 11.1 Å². The molecule has 0 amide bonds. The van der Waals surface area contributed by atoms with Crippen LogP contribution in [0, 0.1) is 5.82 Å². The highest BCUT2D eigenvalue weighted by Gasteiger charge is 2.30. The van der Waals surface area contributed by atoms with Crippen LogP contribution in [0.4, 0.5) is 19.0 Å². The Bertz CT molecular complexity index is 577. The van der Waals surface area contributed by atoms with Gasteiger partial charge in [0.1, 0.15) is 17.7 Å². The number of anilines is 1. The van der Waals surface area contributed by atoms with E-state index in [1.807, 2.05) is 0 Å². The van der Waals surface area contributed by atoms with Crippen LogP contribution in [0.1, 0.15) is 12.5 Å². The number of nitrogens with one attached hydrogen (secondary N) is 1. The van der Waals surface area contributed by atoms with Crippen LogP contribution in [-0.2, 0) is 0 Å². The van der Waals surface area contributed by atoms with Crippen LogP contribution < -0.4 is 5.32 Å². The first-order valence-electron chi connectivity index (χ1n) is 6.02. The van der Waals surface area contributed by atoms with E-state index >= 15 is 0 Å². The normalized spacial score (nSPS) is 18.2. The average molecular weight is 267 g/mol. The molecule has 3 nitrogen and oxygen atoms in total. The Morgan fingerprint density at radius 2 is 2.00 bits per heavy atom. The predicted molar refractivity (Wildman–Crippen MR) is 65.8 cm³/mol. The van der Waals surface area contributed by atoms with Gasteiger partial charge in [-0.25, -0.2) is 17.9 Å². The molecule has 19 heavy (non-hydrogen) atoms. The van der Waals surface area contributed by atoms with Crippen molar-refractivity contribution in [3.63, 3.8) is 0 Å². The number of benzene rings is 1. The minimum absolute atomic E-state index is 0.330. The highest BCUT2D eigenvalue weighted by atomic mass is 19.3. The Labute approximate surface area is 108 Å². The van der Waals surface area contributed by atoms with E-state index in [2.05, 4.69) is 10.4 Å². The maximum atomic E-state index is 12.9. The molecule has 1 unspecified atom stereocenters. The summed E-state index contributed by atoms with van der Waals surface area (Å²) < 4.78 is 40.1. The zero-order chi connectivity index (χ0) is 13.4. The van der Waals surface area contributed by atoms with Gasteiger partial charge in [-0.2, -0.15) is 5.10 Å². The number of fused-ring (bicyclic) bond motifs is 1. The van der Waals surface area contributed by atoms with E-state index in [4.69, 9.17) is 0 Å². The summed E-state index contributed by atoms with van der Waals surface area (Å²) in [4.78, 5) is 0. The number of hydrogen-bond acceptors (Lipinski definition) is 2. The van der Waals surface area contributed by atoms with Crippen molar-refractivity contribution < 1.29 is 13.2 Å². The van der Waals surface area contributed by atoms with Crippen LogP contribution in [-0.4, -0.2) is 22.8 Å². The molecule has 2 aromatic rings. The highest BCUT2D eigenvalue weighted by Crippen LogP contribution is 2.35. The second-order valence-electron chi connectivity index (χ2n) is 4.48. The first-order valence-corrected chi connectivity index (χ1v) is 6.02. The third-order valence-corrected chi connectivity index (χ3v) is 3.29. The molecule has 100 valence electrons. The van der Waals surface area contributed by atoms with Crippen molar-refractivity contribution in [2.75, 3.05) is 11.9 Å². The second kappa shape index (κ2) is 4.60. The third-order valence-electron chi connectivity index (χ3n) is 3.29. The lowest BCUT2D eigenvalue weighted by Crippen LogP contribution is -2.28. The molecule has 3 rings (SSSR count). The molecule has 1 atom stereocenters. The maximum absolute atomic E-state index is 12.9. The molecule has 0 saturated heterocycles. The van der Waals surface area contributed by atoms with Crippen LogP contribution in [0.15, 0.2) is 30.5 Å². The molecular formula is C13H12F3N3. The number of rotatable bonds is 2. The van der Waals surface area contributed by atoms with E-state index in [0.717, 1.165) is 5.56 Å². The van der Waals surface area contributed by atoms with Gasteiger partial charge in [-0.1, -0.05) is 12.1 Å². The van der Waals surface area contributed by atoms with Crippen molar-refractivity contribution in [1.82, 2.24) is 9.78 Å². The fourth-order valence-electron chi connectivity index (χ4n) is 2.32. The first-order chi connectivity index (χ1) is 9.16. The van der Waals surface area contributed by atoms with E-state index in [-0.39, 0.29) is 5.82 Å². The molecule has 0 bridgehead atoms. The van der Waals surface area contributed by atoms with Crippen molar-refractivity contribution in [3.05, 3.63) is 36.3 Å². The van der Waals surface area contributed by atoms with Crippen LogP contribution in [0.2, 0.25) is 0 Å². The third kappa shape index (κ3) is 2.07. The van der Waals surface area contributed by atoms with Crippen LogP contribution in [0.25, 0.3) is 11.1 Å². The van der Waals surface area contributed by atoms with Crippen molar-refractivity contribution in [2.45, 2.75) is 18.9 Å². The predicted octanol–water partition coefficient (Wildman–Crippen LogP) is 3.31.